The van der Waals surface area contributed by atoms with E-state index in [9.17, 15) is 5.11 Å². The molecule has 3 atom stereocenters. The average Bonchev–Trinajstić information content (AvgIpc) is 2.55. The number of ether oxygens (including phenoxy) is 1. The van der Waals surface area contributed by atoms with Gasteiger partial charge in [0, 0.05) is 6.42 Å². The van der Waals surface area contributed by atoms with Crippen LogP contribution in [0.1, 0.15) is 26.2 Å². The summed E-state index contributed by atoms with van der Waals surface area (Å²) in [5, 5.41) is 9.37. The van der Waals surface area contributed by atoms with E-state index in [1.54, 1.807) is 0 Å². The first-order valence-electron chi connectivity index (χ1n) is 4.18. The molecule has 1 saturated heterocycles. The second kappa shape index (κ2) is 2.08. The third kappa shape index (κ3) is 1.01. The molecule has 3 unspecified atom stereocenters. The molecule has 1 heterocycles. The zero-order valence-corrected chi connectivity index (χ0v) is 6.84. The van der Waals surface area contributed by atoms with Gasteiger partial charge in [0.25, 0.3) is 0 Å². The van der Waals surface area contributed by atoms with Crippen molar-refractivity contribution in [1.82, 2.24) is 0 Å². The first-order valence-corrected chi connectivity index (χ1v) is 4.18. The van der Waals surface area contributed by atoms with Gasteiger partial charge in [-0.3, -0.25) is 0 Å². The van der Waals surface area contributed by atoms with Crippen LogP contribution in [0, 0.1) is 0 Å². The third-order valence-corrected chi connectivity index (χ3v) is 2.93. The van der Waals surface area contributed by atoms with Gasteiger partial charge in [-0.1, -0.05) is 6.58 Å². The summed E-state index contributed by atoms with van der Waals surface area (Å²) >= 11 is 0. The summed E-state index contributed by atoms with van der Waals surface area (Å²) in [7, 11) is 0. The molecule has 1 N–H and O–H groups in total. The molecular formula is C9H14O2. The van der Waals surface area contributed by atoms with Gasteiger partial charge in [0.1, 0.15) is 0 Å². The number of hydrogen-bond donors (Lipinski definition) is 1. The van der Waals surface area contributed by atoms with E-state index in [2.05, 4.69) is 13.5 Å². The first kappa shape index (κ1) is 7.32. The van der Waals surface area contributed by atoms with Crippen molar-refractivity contribution in [2.75, 3.05) is 0 Å². The molecule has 0 aromatic heterocycles. The van der Waals surface area contributed by atoms with Gasteiger partial charge in [0.15, 0.2) is 0 Å². The summed E-state index contributed by atoms with van der Waals surface area (Å²) in [5.41, 5.74) is 1.02. The summed E-state index contributed by atoms with van der Waals surface area (Å²) in [6.07, 6.45) is 2.77. The molecule has 0 aromatic rings. The van der Waals surface area contributed by atoms with E-state index < -0.39 is 0 Å². The van der Waals surface area contributed by atoms with E-state index in [0.29, 0.717) is 6.10 Å². The summed E-state index contributed by atoms with van der Waals surface area (Å²) in [6, 6.07) is 0. The van der Waals surface area contributed by atoms with E-state index in [-0.39, 0.29) is 11.7 Å². The Morgan fingerprint density at radius 3 is 2.82 bits per heavy atom. The molecule has 0 aromatic carbocycles. The monoisotopic (exact) mass is 154 g/mol. The zero-order chi connectivity index (χ0) is 8.06. The van der Waals surface area contributed by atoms with Crippen molar-refractivity contribution in [2.45, 2.75) is 44.0 Å². The highest BCUT2D eigenvalue weighted by Gasteiger charge is 2.55. The van der Waals surface area contributed by atoms with E-state index in [0.717, 1.165) is 24.8 Å². The molecule has 0 radical (unpaired) electrons. The Bertz CT molecular complexity index is 200. The summed E-state index contributed by atoms with van der Waals surface area (Å²) in [4.78, 5) is 0. The van der Waals surface area contributed by atoms with Crippen molar-refractivity contribution in [3.8, 4) is 0 Å². The number of hydrogen-bond acceptors (Lipinski definition) is 2. The van der Waals surface area contributed by atoms with Gasteiger partial charge in [-0.15, -0.1) is 0 Å². The van der Waals surface area contributed by atoms with E-state index in [4.69, 9.17) is 4.74 Å². The van der Waals surface area contributed by atoms with Crippen LogP contribution in [-0.4, -0.2) is 22.9 Å². The molecule has 1 aliphatic carbocycles. The number of epoxide rings is 1. The third-order valence-electron chi connectivity index (χ3n) is 2.93. The first-order chi connectivity index (χ1) is 5.14. The van der Waals surface area contributed by atoms with Crippen LogP contribution < -0.4 is 0 Å². The highest BCUT2D eigenvalue weighted by molar-refractivity contribution is 5.18. The smallest absolute Gasteiger partial charge is 0.0984 e. The number of aliphatic hydroxyl groups is 1. The molecule has 1 spiro atoms. The number of rotatable bonds is 0. The second-order valence-corrected chi connectivity index (χ2v) is 3.71. The van der Waals surface area contributed by atoms with Crippen molar-refractivity contribution in [3.05, 3.63) is 12.2 Å². The van der Waals surface area contributed by atoms with Crippen LogP contribution in [0.2, 0.25) is 0 Å². The molecule has 2 heteroatoms. The van der Waals surface area contributed by atoms with Gasteiger partial charge in [-0.25, -0.2) is 0 Å². The van der Waals surface area contributed by atoms with Gasteiger partial charge in [-0.2, -0.15) is 0 Å². The van der Waals surface area contributed by atoms with E-state index >= 15 is 0 Å². The van der Waals surface area contributed by atoms with Crippen LogP contribution in [0.3, 0.4) is 0 Å². The molecule has 1 saturated carbocycles. The Morgan fingerprint density at radius 1 is 1.73 bits per heavy atom. The summed E-state index contributed by atoms with van der Waals surface area (Å²) < 4.78 is 5.49. The Hall–Kier alpha value is -0.340. The van der Waals surface area contributed by atoms with Gasteiger partial charge < -0.3 is 9.84 Å². The minimum Gasteiger partial charge on any atom is -0.389 e. The Balaban J connectivity index is 2.05. The lowest BCUT2D eigenvalue weighted by Crippen LogP contribution is -2.27. The zero-order valence-electron chi connectivity index (χ0n) is 6.84. The van der Waals surface area contributed by atoms with Crippen LogP contribution >= 0.6 is 0 Å². The maximum Gasteiger partial charge on any atom is 0.0984 e. The van der Waals surface area contributed by atoms with Crippen LogP contribution in [0.4, 0.5) is 0 Å². The highest BCUT2D eigenvalue weighted by atomic mass is 16.6. The van der Waals surface area contributed by atoms with Crippen molar-refractivity contribution >= 4 is 0 Å². The van der Waals surface area contributed by atoms with Crippen molar-refractivity contribution in [2.24, 2.45) is 0 Å². The van der Waals surface area contributed by atoms with Gasteiger partial charge >= 0.3 is 0 Å². The average molecular weight is 154 g/mol. The lowest BCUT2D eigenvalue weighted by Gasteiger charge is -2.25. The van der Waals surface area contributed by atoms with Crippen LogP contribution in [0.15, 0.2) is 12.2 Å². The lowest BCUT2D eigenvalue weighted by atomic mass is 9.82. The standard InChI is InChI=1S/C9H14O2/c1-6-5-9(7(2)11-9)4-3-8(6)10/h7-8,10H,1,3-5H2,2H3. The van der Waals surface area contributed by atoms with Crippen molar-refractivity contribution in [1.29, 1.82) is 0 Å². The van der Waals surface area contributed by atoms with Crippen molar-refractivity contribution in [3.63, 3.8) is 0 Å². The predicted molar refractivity (Wildman–Crippen MR) is 42.3 cm³/mol. The summed E-state index contributed by atoms with van der Waals surface area (Å²) in [6.45, 7) is 5.92. The minimum absolute atomic E-state index is 0.0797. The maximum atomic E-state index is 9.37. The van der Waals surface area contributed by atoms with Gasteiger partial charge in [-0.05, 0) is 25.3 Å². The number of aliphatic hydroxyl groups excluding tert-OH is 1. The molecular weight excluding hydrogens is 140 g/mol. The second-order valence-electron chi connectivity index (χ2n) is 3.71. The summed E-state index contributed by atoms with van der Waals surface area (Å²) in [5.74, 6) is 0. The minimum atomic E-state index is -0.281. The molecule has 11 heavy (non-hydrogen) atoms. The molecule has 1 aliphatic heterocycles. The fourth-order valence-corrected chi connectivity index (χ4v) is 1.94. The highest BCUT2D eigenvalue weighted by Crippen LogP contribution is 2.49. The predicted octanol–water partition coefficient (Wildman–Crippen LogP) is 1.24. The van der Waals surface area contributed by atoms with Gasteiger partial charge in [0.2, 0.25) is 0 Å². The molecule has 2 nitrogen and oxygen atoms in total. The van der Waals surface area contributed by atoms with Crippen LogP contribution in [0.25, 0.3) is 0 Å². The quantitative estimate of drug-likeness (QED) is 0.420. The Kier molecular flexibility index (Phi) is 1.38. The molecule has 62 valence electrons. The van der Waals surface area contributed by atoms with Crippen LogP contribution in [0.5, 0.6) is 0 Å². The Labute approximate surface area is 66.9 Å². The normalized spacial score (nSPS) is 49.8. The molecule has 2 rings (SSSR count). The fraction of sp³-hybridized carbons (Fsp3) is 0.778. The fourth-order valence-electron chi connectivity index (χ4n) is 1.94. The molecule has 0 bridgehead atoms. The van der Waals surface area contributed by atoms with E-state index in [1.807, 2.05) is 0 Å². The molecule has 2 aliphatic rings. The lowest BCUT2D eigenvalue weighted by molar-refractivity contribution is 0.140. The van der Waals surface area contributed by atoms with E-state index in [1.165, 1.54) is 0 Å². The topological polar surface area (TPSA) is 32.8 Å². The molecule has 0 amide bonds. The van der Waals surface area contributed by atoms with Gasteiger partial charge in [0.05, 0.1) is 17.8 Å². The van der Waals surface area contributed by atoms with Crippen molar-refractivity contribution < 1.29 is 9.84 Å². The largest absolute Gasteiger partial charge is 0.389 e. The SMILES string of the molecule is C=C1CC2(CCC1O)OC2C. The maximum absolute atomic E-state index is 9.37. The van der Waals surface area contributed by atoms with Crippen LogP contribution in [-0.2, 0) is 4.74 Å². The molecule has 2 fully saturated rings. The Morgan fingerprint density at radius 2 is 2.36 bits per heavy atom.